The highest BCUT2D eigenvalue weighted by Crippen LogP contribution is 2.32. The first kappa shape index (κ1) is 14.3. The molecule has 0 aliphatic carbocycles. The van der Waals surface area contributed by atoms with Crippen LogP contribution in [0.1, 0.15) is 10.4 Å². The van der Waals surface area contributed by atoms with Crippen molar-refractivity contribution in [3.63, 3.8) is 0 Å². The Bertz CT molecular complexity index is 512. The van der Waals surface area contributed by atoms with Crippen molar-refractivity contribution in [3.05, 3.63) is 39.9 Å². The predicted octanol–water partition coefficient (Wildman–Crippen LogP) is 0.502. The van der Waals surface area contributed by atoms with Crippen LogP contribution < -0.4 is 5.32 Å². The van der Waals surface area contributed by atoms with E-state index in [4.69, 9.17) is 9.79 Å². The average Bonchev–Trinajstić information content (AvgIpc) is 2.27. The van der Waals surface area contributed by atoms with E-state index in [0.717, 1.165) is 6.07 Å². The number of nitrogens with one attached hydrogen (secondary N) is 1. The van der Waals surface area contributed by atoms with Crippen molar-refractivity contribution >= 4 is 19.2 Å². The van der Waals surface area contributed by atoms with Crippen LogP contribution in [0.4, 0.5) is 5.69 Å². The van der Waals surface area contributed by atoms with Gasteiger partial charge in [-0.25, -0.2) is 0 Å². The number of carbonyl (C=O) groups is 1. The molecule has 9 heteroatoms. The zero-order chi connectivity index (χ0) is 13.8. The Kier molecular flexibility index (Phi) is 4.55. The predicted molar refractivity (Wildman–Crippen MR) is 62.3 cm³/mol. The minimum atomic E-state index is -4.16. The number of benzene rings is 1. The number of nitro groups is 1. The van der Waals surface area contributed by atoms with Gasteiger partial charge in [-0.05, 0) is 6.07 Å². The molecule has 18 heavy (non-hydrogen) atoms. The first-order chi connectivity index (χ1) is 8.29. The van der Waals surface area contributed by atoms with Crippen LogP contribution >= 0.6 is 7.60 Å². The van der Waals surface area contributed by atoms with Crippen molar-refractivity contribution in [2.45, 2.75) is 0 Å². The normalized spacial score (nSPS) is 11.0. The maximum atomic E-state index is 11.5. The summed E-state index contributed by atoms with van der Waals surface area (Å²) in [6.07, 6.45) is -0.479. The number of rotatable bonds is 5. The highest BCUT2D eigenvalue weighted by Gasteiger charge is 2.14. The minimum Gasteiger partial charge on any atom is -0.351 e. The van der Waals surface area contributed by atoms with Gasteiger partial charge in [-0.2, -0.15) is 0 Å². The summed E-state index contributed by atoms with van der Waals surface area (Å²) in [4.78, 5) is 38.6. The molecule has 0 aliphatic heterocycles. The topological polar surface area (TPSA) is 130 Å². The van der Waals surface area contributed by atoms with Crippen molar-refractivity contribution in [1.82, 2.24) is 5.32 Å². The van der Waals surface area contributed by atoms with Gasteiger partial charge in [-0.3, -0.25) is 19.5 Å². The van der Waals surface area contributed by atoms with Crippen LogP contribution in [-0.4, -0.2) is 33.3 Å². The molecule has 0 aliphatic rings. The molecule has 1 amide bonds. The van der Waals surface area contributed by atoms with E-state index in [1.54, 1.807) is 0 Å². The van der Waals surface area contributed by atoms with Crippen molar-refractivity contribution in [1.29, 1.82) is 0 Å². The SMILES string of the molecule is O=C(NCCP(=O)(O)O)c1cccc([N+](=O)[O-])c1. The fraction of sp³-hybridized carbons (Fsp3) is 0.222. The van der Waals surface area contributed by atoms with E-state index >= 15 is 0 Å². The fourth-order valence-electron chi connectivity index (χ4n) is 1.18. The molecule has 0 heterocycles. The van der Waals surface area contributed by atoms with Crippen LogP contribution in [0, 0.1) is 10.1 Å². The molecule has 0 saturated heterocycles. The molecule has 1 rings (SSSR count). The molecule has 0 unspecified atom stereocenters. The van der Waals surface area contributed by atoms with Gasteiger partial charge in [0.05, 0.1) is 11.1 Å². The Hall–Kier alpha value is -1.76. The van der Waals surface area contributed by atoms with Crippen LogP contribution in [0.5, 0.6) is 0 Å². The summed E-state index contributed by atoms with van der Waals surface area (Å²) in [7, 11) is -4.16. The Labute approximate surface area is 102 Å². The van der Waals surface area contributed by atoms with Crippen LogP contribution in [0.15, 0.2) is 24.3 Å². The maximum absolute atomic E-state index is 11.5. The molecule has 3 N–H and O–H groups in total. The van der Waals surface area contributed by atoms with E-state index in [1.807, 2.05) is 0 Å². The van der Waals surface area contributed by atoms with Crippen molar-refractivity contribution < 1.29 is 24.1 Å². The third-order valence-corrected chi connectivity index (χ3v) is 2.81. The second-order valence-corrected chi connectivity index (χ2v) is 5.23. The third kappa shape index (κ3) is 4.62. The highest BCUT2D eigenvalue weighted by atomic mass is 31.2. The van der Waals surface area contributed by atoms with E-state index in [1.165, 1.54) is 18.2 Å². The summed E-state index contributed by atoms with van der Waals surface area (Å²) in [6.45, 7) is -0.203. The second kappa shape index (κ2) is 5.72. The quantitative estimate of drug-likeness (QED) is 0.407. The number of non-ortho nitro benzene ring substituents is 1. The molecule has 0 radical (unpaired) electrons. The largest absolute Gasteiger partial charge is 0.351 e. The summed E-state index contributed by atoms with van der Waals surface area (Å²) >= 11 is 0. The molecule has 1 aromatic rings. The van der Waals surface area contributed by atoms with Crippen LogP contribution in [0.2, 0.25) is 0 Å². The van der Waals surface area contributed by atoms with E-state index in [9.17, 15) is 19.5 Å². The lowest BCUT2D eigenvalue weighted by Crippen LogP contribution is -2.26. The molecule has 98 valence electrons. The van der Waals surface area contributed by atoms with Gasteiger partial charge in [-0.1, -0.05) is 6.07 Å². The Morgan fingerprint density at radius 3 is 2.67 bits per heavy atom. The van der Waals surface area contributed by atoms with Gasteiger partial charge in [0.1, 0.15) is 0 Å². The first-order valence-electron chi connectivity index (χ1n) is 4.87. The standard InChI is InChI=1S/C9H11N2O6P/c12-9(10-4-5-18(15,16)17)7-2-1-3-8(6-7)11(13)14/h1-3,6H,4-5H2,(H,10,12)(H2,15,16,17). The molecule has 8 nitrogen and oxygen atoms in total. The fourth-order valence-corrected chi connectivity index (χ4v) is 1.58. The van der Waals surface area contributed by atoms with Crippen molar-refractivity contribution in [2.75, 3.05) is 12.7 Å². The second-order valence-electron chi connectivity index (χ2n) is 3.45. The highest BCUT2D eigenvalue weighted by molar-refractivity contribution is 7.51. The van der Waals surface area contributed by atoms with E-state index in [0.29, 0.717) is 0 Å². The van der Waals surface area contributed by atoms with E-state index in [-0.39, 0.29) is 17.8 Å². The minimum absolute atomic E-state index is 0.0647. The molecular weight excluding hydrogens is 263 g/mol. The van der Waals surface area contributed by atoms with Gasteiger partial charge in [0.25, 0.3) is 11.6 Å². The molecule has 0 bridgehead atoms. The van der Waals surface area contributed by atoms with Crippen LogP contribution in [-0.2, 0) is 4.57 Å². The van der Waals surface area contributed by atoms with Crippen LogP contribution in [0.25, 0.3) is 0 Å². The number of hydrogen-bond acceptors (Lipinski definition) is 4. The van der Waals surface area contributed by atoms with E-state index < -0.39 is 24.6 Å². The molecular formula is C9H11N2O6P. The Morgan fingerprint density at radius 2 is 2.11 bits per heavy atom. The lowest BCUT2D eigenvalue weighted by atomic mass is 10.2. The molecule has 0 atom stereocenters. The first-order valence-corrected chi connectivity index (χ1v) is 6.66. The molecule has 1 aromatic carbocycles. The van der Waals surface area contributed by atoms with E-state index in [2.05, 4.69) is 5.32 Å². The summed E-state index contributed by atoms with van der Waals surface area (Å²) in [5.41, 5.74) is -0.160. The molecule has 0 saturated carbocycles. The molecule has 0 aromatic heterocycles. The monoisotopic (exact) mass is 274 g/mol. The van der Waals surface area contributed by atoms with Crippen molar-refractivity contribution in [2.24, 2.45) is 0 Å². The summed E-state index contributed by atoms with van der Waals surface area (Å²) in [5.74, 6) is -0.618. The molecule has 0 fully saturated rings. The molecule has 0 spiro atoms. The third-order valence-electron chi connectivity index (χ3n) is 2.01. The van der Waals surface area contributed by atoms with Crippen LogP contribution in [0.3, 0.4) is 0 Å². The van der Waals surface area contributed by atoms with Gasteiger partial charge in [-0.15, -0.1) is 0 Å². The smallest absolute Gasteiger partial charge is 0.327 e. The Morgan fingerprint density at radius 1 is 1.44 bits per heavy atom. The van der Waals surface area contributed by atoms with Gasteiger partial charge in [0.2, 0.25) is 0 Å². The van der Waals surface area contributed by atoms with Crippen molar-refractivity contribution in [3.8, 4) is 0 Å². The van der Waals surface area contributed by atoms with Gasteiger partial charge in [0, 0.05) is 24.2 Å². The zero-order valence-electron chi connectivity index (χ0n) is 9.15. The summed E-state index contributed by atoms with van der Waals surface area (Å²) in [6, 6.07) is 5.06. The Balaban J connectivity index is 2.64. The lowest BCUT2D eigenvalue weighted by Gasteiger charge is -2.06. The number of nitrogens with zero attached hydrogens (tertiary/aromatic N) is 1. The maximum Gasteiger partial charge on any atom is 0.327 e. The number of amides is 1. The average molecular weight is 274 g/mol. The van der Waals surface area contributed by atoms with Gasteiger partial charge < -0.3 is 15.1 Å². The zero-order valence-corrected chi connectivity index (χ0v) is 10.0. The number of nitro benzene ring substituents is 1. The lowest BCUT2D eigenvalue weighted by molar-refractivity contribution is -0.384. The summed E-state index contributed by atoms with van der Waals surface area (Å²) in [5, 5.41) is 12.8. The summed E-state index contributed by atoms with van der Waals surface area (Å²) < 4.78 is 10.5. The number of carbonyl (C=O) groups excluding carboxylic acids is 1. The van der Waals surface area contributed by atoms with Gasteiger partial charge in [0.15, 0.2) is 0 Å². The number of hydrogen-bond donors (Lipinski definition) is 3. The van der Waals surface area contributed by atoms with Gasteiger partial charge >= 0.3 is 7.60 Å².